The average molecular weight is 274 g/mol. The zero-order valence-corrected chi connectivity index (χ0v) is 14.8. The Morgan fingerprint density at radius 2 is 0.700 bits per heavy atom. The van der Waals surface area contributed by atoms with Gasteiger partial charge in [0, 0.05) is 0 Å². The van der Waals surface area contributed by atoms with E-state index in [1.165, 1.54) is 10.8 Å². The number of hydrogen-bond donors (Lipinski definition) is 0. The molecule has 0 spiro atoms. The summed E-state index contributed by atoms with van der Waals surface area (Å²) in [5.41, 5.74) is 0. The molecule has 0 aliphatic heterocycles. The van der Waals surface area contributed by atoms with Crippen molar-refractivity contribution in [2.24, 2.45) is 0 Å². The molecule has 0 bridgehead atoms. The molecule has 0 saturated heterocycles. The minimum absolute atomic E-state index is 1.31. The van der Waals surface area contributed by atoms with Crippen LogP contribution in [0, 0.1) is 0 Å². The van der Waals surface area contributed by atoms with Gasteiger partial charge in [-0.25, -0.2) is 0 Å². The molecule has 0 aliphatic rings. The first kappa shape index (κ1) is 23.5. The van der Waals surface area contributed by atoms with E-state index in [9.17, 15) is 0 Å². The fourth-order valence-electron chi connectivity index (χ4n) is 1.13. The Bertz CT molecular complexity index is 330. The van der Waals surface area contributed by atoms with Gasteiger partial charge in [0.25, 0.3) is 0 Å². The Morgan fingerprint density at radius 1 is 0.500 bits per heavy atom. The van der Waals surface area contributed by atoms with Crippen molar-refractivity contribution in [3.05, 3.63) is 60.7 Å². The molecule has 0 aliphatic carbocycles. The lowest BCUT2D eigenvalue weighted by molar-refractivity contribution is 1.50. The second-order valence-electron chi connectivity index (χ2n) is 3.01. The van der Waals surface area contributed by atoms with Crippen molar-refractivity contribution in [2.75, 3.05) is 0 Å². The van der Waals surface area contributed by atoms with Gasteiger partial charge in [-0.15, -0.1) is 0 Å². The summed E-state index contributed by atoms with van der Waals surface area (Å²) in [7, 11) is 0. The highest BCUT2D eigenvalue weighted by Gasteiger charge is 1.85. The Hall–Kier alpha value is -1.56. The minimum Gasteiger partial charge on any atom is -0.0919 e. The van der Waals surface area contributed by atoms with Gasteiger partial charge < -0.3 is 0 Å². The van der Waals surface area contributed by atoms with Crippen LogP contribution in [0.4, 0.5) is 0 Å². The molecule has 20 heavy (non-hydrogen) atoms. The fraction of sp³-hybridized carbons (Fsp3) is 0.400. The lowest BCUT2D eigenvalue weighted by Crippen LogP contribution is -1.67. The van der Waals surface area contributed by atoms with Crippen molar-refractivity contribution in [2.45, 2.75) is 55.4 Å². The van der Waals surface area contributed by atoms with Gasteiger partial charge in [-0.2, -0.15) is 0 Å². The molecular formula is C20H34. The Labute approximate surface area is 127 Å². The van der Waals surface area contributed by atoms with Crippen LogP contribution in [-0.2, 0) is 0 Å². The fourth-order valence-corrected chi connectivity index (χ4v) is 1.13. The van der Waals surface area contributed by atoms with Crippen molar-refractivity contribution < 1.29 is 0 Å². The van der Waals surface area contributed by atoms with Crippen molar-refractivity contribution in [3.8, 4) is 0 Å². The quantitative estimate of drug-likeness (QED) is 0.436. The van der Waals surface area contributed by atoms with E-state index in [-0.39, 0.29) is 0 Å². The van der Waals surface area contributed by atoms with Crippen LogP contribution in [0.3, 0.4) is 0 Å². The molecule has 0 radical (unpaired) electrons. The smallest absolute Gasteiger partial charge is 0.0184 e. The van der Waals surface area contributed by atoms with Crippen LogP contribution < -0.4 is 0 Å². The molecule has 2 aromatic rings. The van der Waals surface area contributed by atoms with Crippen molar-refractivity contribution in [1.29, 1.82) is 0 Å². The normalized spacial score (nSPS) is 7.80. The molecule has 114 valence electrons. The maximum Gasteiger partial charge on any atom is -0.0184 e. The topological polar surface area (TPSA) is 0 Å². The highest BCUT2D eigenvalue weighted by molar-refractivity contribution is 5.81. The Balaban J connectivity index is -0.000000247. The first-order valence-electron chi connectivity index (χ1n) is 7.89. The van der Waals surface area contributed by atoms with Gasteiger partial charge in [0.1, 0.15) is 0 Å². The van der Waals surface area contributed by atoms with Gasteiger partial charge in [0.15, 0.2) is 0 Å². The second-order valence-corrected chi connectivity index (χ2v) is 3.01. The van der Waals surface area contributed by atoms with E-state index in [1.807, 2.05) is 67.5 Å². The molecule has 0 N–H and O–H groups in total. The summed E-state index contributed by atoms with van der Waals surface area (Å²) in [6, 6.07) is 16.7. The molecule has 2 rings (SSSR count). The van der Waals surface area contributed by atoms with Gasteiger partial charge in [-0.05, 0) is 24.6 Å². The van der Waals surface area contributed by atoms with E-state index in [0.717, 1.165) is 0 Å². The molecule has 2 aromatic carbocycles. The third-order valence-electron chi connectivity index (χ3n) is 1.99. The summed E-state index contributed by atoms with van der Waals surface area (Å²) in [5, 5.41) is 2.62. The van der Waals surface area contributed by atoms with E-state index in [4.69, 9.17) is 0 Å². The van der Waals surface area contributed by atoms with E-state index in [1.54, 1.807) is 0 Å². The van der Waals surface area contributed by atoms with Crippen LogP contribution in [-0.4, -0.2) is 0 Å². The first-order valence-corrected chi connectivity index (χ1v) is 7.89. The largest absolute Gasteiger partial charge is 0.0919 e. The van der Waals surface area contributed by atoms with Crippen LogP contribution >= 0.6 is 0 Å². The van der Waals surface area contributed by atoms with Crippen LogP contribution in [0.15, 0.2) is 60.7 Å². The predicted molar refractivity (Wildman–Crippen MR) is 98.5 cm³/mol. The first-order chi connectivity index (χ1) is 9.88. The number of allylic oxidation sites excluding steroid dienone is 2. The highest BCUT2D eigenvalue weighted by atomic mass is 13.9. The molecule has 0 heterocycles. The van der Waals surface area contributed by atoms with Gasteiger partial charge in [0.05, 0.1) is 0 Å². The number of benzene rings is 2. The molecule has 0 aromatic heterocycles. The zero-order valence-electron chi connectivity index (χ0n) is 14.8. The summed E-state index contributed by atoms with van der Waals surface area (Å²) in [6.45, 7) is 16.0. The number of rotatable bonds is 0. The third-order valence-corrected chi connectivity index (χ3v) is 1.99. The predicted octanol–water partition coefficient (Wildman–Crippen LogP) is 7.50. The Kier molecular flexibility index (Phi) is 26.6. The summed E-state index contributed by atoms with van der Waals surface area (Å²) >= 11 is 0. The van der Waals surface area contributed by atoms with E-state index in [0.29, 0.717) is 0 Å². The van der Waals surface area contributed by atoms with Crippen LogP contribution in [0.1, 0.15) is 55.4 Å². The molecular weight excluding hydrogens is 240 g/mol. The molecule has 0 amide bonds. The monoisotopic (exact) mass is 274 g/mol. The van der Waals surface area contributed by atoms with Crippen molar-refractivity contribution in [3.63, 3.8) is 0 Å². The van der Waals surface area contributed by atoms with Gasteiger partial charge >= 0.3 is 0 Å². The summed E-state index contributed by atoms with van der Waals surface area (Å²) in [5.74, 6) is 0. The third kappa shape index (κ3) is 12.9. The summed E-state index contributed by atoms with van der Waals surface area (Å²) in [4.78, 5) is 0. The maximum absolute atomic E-state index is 2.12. The number of hydrogen-bond acceptors (Lipinski definition) is 0. The van der Waals surface area contributed by atoms with Crippen molar-refractivity contribution >= 4 is 10.8 Å². The molecule has 0 fully saturated rings. The second kappa shape index (κ2) is 22.6. The molecule has 0 atom stereocenters. The van der Waals surface area contributed by atoms with Crippen LogP contribution in [0.5, 0.6) is 0 Å². The molecule has 0 saturated carbocycles. The van der Waals surface area contributed by atoms with Gasteiger partial charge in [0.2, 0.25) is 0 Å². The summed E-state index contributed by atoms with van der Waals surface area (Å²) in [6.07, 6.45) is 4.00. The zero-order chi connectivity index (χ0) is 16.2. The van der Waals surface area contributed by atoms with Crippen LogP contribution in [0.2, 0.25) is 0 Å². The average Bonchev–Trinajstić information content (AvgIpc) is 2.60. The lowest BCUT2D eigenvalue weighted by atomic mass is 10.1. The van der Waals surface area contributed by atoms with E-state index >= 15 is 0 Å². The Morgan fingerprint density at radius 3 is 0.850 bits per heavy atom. The maximum atomic E-state index is 2.12. The van der Waals surface area contributed by atoms with E-state index < -0.39 is 0 Å². The van der Waals surface area contributed by atoms with Crippen molar-refractivity contribution in [1.82, 2.24) is 0 Å². The minimum atomic E-state index is 1.31. The molecule has 0 nitrogen and oxygen atoms in total. The van der Waals surface area contributed by atoms with Crippen LogP contribution in [0.25, 0.3) is 10.8 Å². The standard InChI is InChI=1S/C10H8.C4H8.3C2H6/c1-2-6-10-8-4-3-7-9(10)5-1;1-3-4-2;3*1-2/h1-8H;3-4H,1-2H3;3*1-2H3. The molecule has 0 unspecified atom stereocenters. The SMILES string of the molecule is CC.CC.CC.CC=CC.c1ccc2ccccc2c1. The number of fused-ring (bicyclic) bond motifs is 1. The molecule has 0 heteroatoms. The lowest BCUT2D eigenvalue weighted by Gasteiger charge is -1.92. The highest BCUT2D eigenvalue weighted by Crippen LogP contribution is 2.11. The van der Waals surface area contributed by atoms with Gasteiger partial charge in [-0.3, -0.25) is 0 Å². The van der Waals surface area contributed by atoms with Gasteiger partial charge in [-0.1, -0.05) is 102 Å². The summed E-state index contributed by atoms with van der Waals surface area (Å²) < 4.78 is 0. The van der Waals surface area contributed by atoms with E-state index in [2.05, 4.69) is 48.5 Å².